The van der Waals surface area contributed by atoms with Crippen molar-refractivity contribution in [3.05, 3.63) is 102 Å². The molecule has 0 spiro atoms. The number of hydrogen-bond donors (Lipinski definition) is 2. The van der Waals surface area contributed by atoms with E-state index in [1.807, 2.05) is 0 Å². The molecule has 0 aliphatic carbocycles. The van der Waals surface area contributed by atoms with Crippen LogP contribution in [0.15, 0.2) is 95.9 Å². The molecule has 2 aliphatic rings. The number of sulfone groups is 1. The van der Waals surface area contributed by atoms with Gasteiger partial charge in [-0.05, 0) is 44.0 Å². The Morgan fingerprint density at radius 1 is 0.711 bits per heavy atom. The van der Waals surface area contributed by atoms with E-state index in [2.05, 4.69) is 10.6 Å². The predicted molar refractivity (Wildman–Crippen MR) is 264 cm³/mol. The summed E-state index contributed by atoms with van der Waals surface area (Å²) in [5.74, 6) is -7.43. The van der Waals surface area contributed by atoms with E-state index in [0.717, 1.165) is 27.7 Å². The quantitative estimate of drug-likeness (QED) is 0.0663. The van der Waals surface area contributed by atoms with Crippen LogP contribution in [0, 0.1) is 5.92 Å². The Morgan fingerprint density at radius 3 is 1.76 bits per heavy atom. The number of phosphoric ester groups is 1. The van der Waals surface area contributed by atoms with Crippen molar-refractivity contribution in [1.82, 2.24) is 10.6 Å². The summed E-state index contributed by atoms with van der Waals surface area (Å²) in [7, 11) is -8.48. The van der Waals surface area contributed by atoms with E-state index in [1.54, 1.807) is 78.9 Å². The molecule has 2 saturated heterocycles. The summed E-state index contributed by atoms with van der Waals surface area (Å²) >= 11 is 0. The Kier molecular flexibility index (Phi) is 24.3. The third kappa shape index (κ3) is 19.2. The number of phosphoric acid groups is 1. The Morgan fingerprint density at radius 2 is 1.25 bits per heavy atom. The molecule has 418 valence electrons. The number of ether oxygens (including phenoxy) is 8. The second-order valence-corrected chi connectivity index (χ2v) is 21.2. The highest BCUT2D eigenvalue weighted by Crippen LogP contribution is 2.53. The molecular weight excluding hydrogens is 1040 g/mol. The maximum Gasteiger partial charge on any atom is 0.477 e. The van der Waals surface area contributed by atoms with Crippen molar-refractivity contribution in [2.45, 2.75) is 134 Å². The van der Waals surface area contributed by atoms with Crippen molar-refractivity contribution >= 4 is 59.1 Å². The van der Waals surface area contributed by atoms with Gasteiger partial charge in [-0.3, -0.25) is 42.3 Å². The number of carbonyl (C=O) groups is 7. The van der Waals surface area contributed by atoms with Gasteiger partial charge in [0.15, 0.2) is 22.4 Å². The molecule has 0 aromatic heterocycles. The number of Topliss-reactive ketones (excluding diaryl/α,β-unsaturated/α-hetero) is 1. The molecule has 3 aromatic carbocycles. The summed E-state index contributed by atoms with van der Waals surface area (Å²) in [6.07, 6.45) is -12.7. The Labute approximate surface area is 439 Å². The second kappa shape index (κ2) is 29.5. The fourth-order valence-electron chi connectivity index (χ4n) is 7.90. The summed E-state index contributed by atoms with van der Waals surface area (Å²) in [6.45, 7) is 5.96. The molecule has 76 heavy (non-hydrogen) atoms. The van der Waals surface area contributed by atoms with E-state index in [9.17, 15) is 46.5 Å². The van der Waals surface area contributed by atoms with Crippen LogP contribution in [0.2, 0.25) is 0 Å². The predicted octanol–water partition coefficient (Wildman–Crippen LogP) is 3.01. The van der Waals surface area contributed by atoms with E-state index >= 15 is 0 Å². The molecule has 4 N–H and O–H groups in total. The molecular formula is C50H65N2O22PS. The Hall–Kier alpha value is -5.99. The van der Waals surface area contributed by atoms with Gasteiger partial charge < -0.3 is 54.0 Å². The first-order chi connectivity index (χ1) is 35.5. The van der Waals surface area contributed by atoms with Gasteiger partial charge in [-0.15, -0.1) is 0 Å². The standard InChI is InChI=1S/C50H63N2O21PS.H2O/c1-30(49(59)63-23-24-75(61,62)39-21-15-10-16-22-39)51-48(58)32(3)68-40-25-43(73-74(60,66-26-37-17-11-8-12-18-37)67-27-38-19-13-9-14-20-38)70-42(29-65-35(6)56)46(40)72-50-45(52-33(4)54)47(69-36(7)57)44(31(2)53)41(71-50)28-64-34(5)55;/h8-22,30,32,40-47,50H,23-29H2,1-7H3,(H,51,58)(H,52,54);1H2/t30-,32+,40+,41-,42?,43+,44+,45?,46-,47?,50-;/m0./s1. The summed E-state index contributed by atoms with van der Waals surface area (Å²) in [4.78, 5) is 90.2. The molecule has 2 fully saturated rings. The zero-order chi connectivity index (χ0) is 54.9. The molecule has 0 radical (unpaired) electrons. The van der Waals surface area contributed by atoms with Crippen LogP contribution in [0.3, 0.4) is 0 Å². The average molecular weight is 1110 g/mol. The lowest BCUT2D eigenvalue weighted by molar-refractivity contribution is -0.321. The van der Waals surface area contributed by atoms with Crippen LogP contribution in [-0.2, 0) is 113 Å². The van der Waals surface area contributed by atoms with E-state index in [1.165, 1.54) is 32.9 Å². The molecule has 2 aliphatic heterocycles. The van der Waals surface area contributed by atoms with Crippen LogP contribution in [0.4, 0.5) is 0 Å². The molecule has 0 saturated carbocycles. The van der Waals surface area contributed by atoms with E-state index in [4.69, 9.17) is 51.5 Å². The lowest BCUT2D eigenvalue weighted by Gasteiger charge is -2.48. The van der Waals surface area contributed by atoms with Gasteiger partial charge in [-0.1, -0.05) is 78.9 Å². The van der Waals surface area contributed by atoms with Gasteiger partial charge in [-0.2, -0.15) is 0 Å². The van der Waals surface area contributed by atoms with Crippen molar-refractivity contribution in [2.75, 3.05) is 25.6 Å². The number of carbonyl (C=O) groups excluding carboxylic acids is 7. The van der Waals surface area contributed by atoms with Crippen LogP contribution in [0.25, 0.3) is 0 Å². The molecule has 2 heterocycles. The molecule has 24 nitrogen and oxygen atoms in total. The third-order valence-electron chi connectivity index (χ3n) is 11.4. The van der Waals surface area contributed by atoms with Crippen molar-refractivity contribution in [3.8, 4) is 0 Å². The zero-order valence-corrected chi connectivity index (χ0v) is 44.6. The molecule has 11 atom stereocenters. The molecule has 3 aromatic rings. The summed E-state index contributed by atoms with van der Waals surface area (Å²) < 4.78 is 105. The fourth-order valence-corrected chi connectivity index (χ4v) is 10.2. The molecule has 3 unspecified atom stereocenters. The average Bonchev–Trinajstić information content (AvgIpc) is 3.36. The van der Waals surface area contributed by atoms with Gasteiger partial charge in [0.05, 0.1) is 35.9 Å². The first kappa shape index (κ1) is 62.5. The molecule has 5 rings (SSSR count). The Balaban J connectivity index is 0.0000125. The van der Waals surface area contributed by atoms with Crippen LogP contribution in [0.1, 0.15) is 66.0 Å². The Bertz CT molecular complexity index is 2530. The number of benzene rings is 3. The van der Waals surface area contributed by atoms with Crippen LogP contribution >= 0.6 is 7.82 Å². The fraction of sp³-hybridized carbons (Fsp3) is 0.500. The number of rotatable bonds is 26. The van der Waals surface area contributed by atoms with Gasteiger partial charge in [0, 0.05) is 34.1 Å². The van der Waals surface area contributed by atoms with Crippen molar-refractivity contribution in [2.24, 2.45) is 5.92 Å². The zero-order valence-electron chi connectivity index (χ0n) is 42.9. The highest BCUT2D eigenvalue weighted by atomic mass is 32.2. The smallest absolute Gasteiger partial charge is 0.463 e. The second-order valence-electron chi connectivity index (χ2n) is 17.4. The number of esters is 4. The maximum absolute atomic E-state index is 14.7. The van der Waals surface area contributed by atoms with Gasteiger partial charge in [0.25, 0.3) is 0 Å². The number of amides is 2. The third-order valence-corrected chi connectivity index (χ3v) is 14.5. The van der Waals surface area contributed by atoms with Crippen molar-refractivity contribution in [3.63, 3.8) is 0 Å². The summed E-state index contributed by atoms with van der Waals surface area (Å²) in [6, 6.07) is 22.1. The van der Waals surface area contributed by atoms with Crippen LogP contribution in [0.5, 0.6) is 0 Å². The van der Waals surface area contributed by atoms with Gasteiger partial charge in [-0.25, -0.2) is 17.8 Å². The highest BCUT2D eigenvalue weighted by Gasteiger charge is 2.54. The molecule has 0 bridgehead atoms. The van der Waals surface area contributed by atoms with Gasteiger partial charge >= 0.3 is 31.7 Å². The molecule has 2 amide bonds. The minimum atomic E-state index is -4.66. The van der Waals surface area contributed by atoms with Crippen molar-refractivity contribution in [1.29, 1.82) is 0 Å². The summed E-state index contributed by atoms with van der Waals surface area (Å²) in [5, 5.41) is 5.08. The lowest BCUT2D eigenvalue weighted by atomic mass is 9.84. The minimum Gasteiger partial charge on any atom is -0.463 e. The van der Waals surface area contributed by atoms with Gasteiger partial charge in [0.2, 0.25) is 11.8 Å². The van der Waals surface area contributed by atoms with E-state index < -0.39 is 158 Å². The van der Waals surface area contributed by atoms with Gasteiger partial charge in [0.1, 0.15) is 68.2 Å². The van der Waals surface area contributed by atoms with E-state index in [0.29, 0.717) is 11.1 Å². The minimum absolute atomic E-state index is 0. The van der Waals surface area contributed by atoms with Crippen LogP contribution < -0.4 is 10.6 Å². The number of hydrogen-bond acceptors (Lipinski definition) is 21. The van der Waals surface area contributed by atoms with E-state index in [-0.39, 0.29) is 23.6 Å². The lowest BCUT2D eigenvalue weighted by Crippen LogP contribution is -2.67. The SMILES string of the molecule is CC(=O)NC1C(OC(C)=O)[C@H](C(C)=O)[C@H](COC(C)=O)O[C@H]1O[C@@H]1C(COC(C)=O)O[C@H](OP(=O)(OCc2ccccc2)OCc2ccccc2)C[C@H]1O[C@H](C)C(=O)N[C@@H](C)C(=O)OCCS(=O)(=O)c1ccccc1.O. The topological polar surface area (TPSA) is 328 Å². The normalized spacial score (nSPS) is 23.3. The van der Waals surface area contributed by atoms with Crippen molar-refractivity contribution < 1.29 is 103 Å². The number of nitrogens with one attached hydrogen (secondary N) is 2. The summed E-state index contributed by atoms with van der Waals surface area (Å²) in [5.41, 5.74) is 1.19. The monoisotopic (exact) mass is 1110 g/mol. The first-order valence-corrected chi connectivity index (χ1v) is 26.9. The largest absolute Gasteiger partial charge is 0.477 e. The molecule has 26 heteroatoms. The first-order valence-electron chi connectivity index (χ1n) is 23.8. The highest BCUT2D eigenvalue weighted by molar-refractivity contribution is 7.91. The maximum atomic E-state index is 14.7. The number of ketones is 1. The van der Waals surface area contributed by atoms with Crippen LogP contribution in [-0.4, -0.2) is 142 Å².